The zero-order valence-corrected chi connectivity index (χ0v) is 11.5. The Kier molecular flexibility index (Phi) is 16.9. The summed E-state index contributed by atoms with van der Waals surface area (Å²) >= 11 is 14.8. The van der Waals surface area contributed by atoms with Gasteiger partial charge in [-0.3, -0.25) is 0 Å². The van der Waals surface area contributed by atoms with E-state index in [1.54, 1.807) is 0 Å². The van der Waals surface area contributed by atoms with E-state index in [1.807, 2.05) is 0 Å². The lowest BCUT2D eigenvalue weighted by atomic mass is 15.8. The molecule has 0 aliphatic heterocycles. The van der Waals surface area contributed by atoms with Crippen molar-refractivity contribution in [3.8, 4) is 0 Å². The summed E-state index contributed by atoms with van der Waals surface area (Å²) < 4.78 is 4.53. The average molecular weight is 214 g/mol. The van der Waals surface area contributed by atoms with Gasteiger partial charge < -0.3 is 4.12 Å². The predicted molar refractivity (Wildman–Crippen MR) is 45.7 cm³/mol. The summed E-state index contributed by atoms with van der Waals surface area (Å²) in [6.45, 7) is -1.72. The molecule has 0 saturated heterocycles. The van der Waals surface area contributed by atoms with Crippen molar-refractivity contribution in [2.24, 2.45) is 0 Å². The highest BCUT2D eigenvalue weighted by Crippen LogP contribution is 1.97. The van der Waals surface area contributed by atoms with Crippen molar-refractivity contribution in [3.63, 3.8) is 0 Å². The van der Waals surface area contributed by atoms with Crippen molar-refractivity contribution >= 4 is 60.9 Å². The molecule has 0 amide bonds. The van der Waals surface area contributed by atoms with Crippen LogP contribution in [0.2, 0.25) is 0 Å². The fourth-order valence-corrected chi connectivity index (χ4v) is 0. The minimum Gasteiger partial charge on any atom is -0.471 e. The molecule has 0 radical (unpaired) electrons. The van der Waals surface area contributed by atoms with Gasteiger partial charge in [-0.15, -0.1) is 33.2 Å². The van der Waals surface area contributed by atoms with Gasteiger partial charge in [-0.25, -0.2) is 0 Å². The van der Waals surface area contributed by atoms with Gasteiger partial charge in [0.25, 0.3) is 0 Å². The van der Waals surface area contributed by atoms with Crippen LogP contribution in [0.3, 0.4) is 0 Å². The first kappa shape index (κ1) is 11.3. The molecule has 0 aromatic heterocycles. The van der Waals surface area contributed by atoms with Gasteiger partial charge in [0.1, 0.15) is 21.0 Å². The summed E-state index contributed by atoms with van der Waals surface area (Å²) in [6.07, 6.45) is 0. The standard InChI is InChI=1S/Cl3HSi.H6OSi2/c1-4(2)3;2-1-3/h4H;2-3H3. The van der Waals surface area contributed by atoms with Crippen LogP contribution in [0.4, 0.5) is 0 Å². The molecule has 1 nitrogen and oxygen atoms in total. The van der Waals surface area contributed by atoms with Crippen LogP contribution < -0.4 is 0 Å². The van der Waals surface area contributed by atoms with E-state index in [-0.39, 0.29) is 0 Å². The zero-order valence-electron chi connectivity index (χ0n) is 4.12. The minimum absolute atomic E-state index is 0.931. The fraction of sp³-hybridized carbons (Fsp3) is 0. The Labute approximate surface area is 65.1 Å². The second-order valence-electron chi connectivity index (χ2n) is 0.656. The van der Waals surface area contributed by atoms with E-state index < -0.39 is 6.73 Å². The van der Waals surface area contributed by atoms with Gasteiger partial charge in [0.05, 0.1) is 0 Å². The van der Waals surface area contributed by atoms with Crippen molar-refractivity contribution in [2.75, 3.05) is 0 Å². The third-order valence-electron chi connectivity index (χ3n) is 0. The van der Waals surface area contributed by atoms with E-state index in [0.29, 0.717) is 0 Å². The van der Waals surface area contributed by atoms with Crippen LogP contribution in [-0.4, -0.2) is 27.7 Å². The molecule has 0 bridgehead atoms. The first-order valence-corrected chi connectivity index (χ1v) is 8.34. The molecule has 0 saturated carbocycles. The maximum atomic E-state index is 4.94. The van der Waals surface area contributed by atoms with Crippen molar-refractivity contribution < 1.29 is 4.12 Å². The molecule has 0 N–H and O–H groups in total. The van der Waals surface area contributed by atoms with Gasteiger partial charge in [0.15, 0.2) is 0 Å². The second-order valence-corrected chi connectivity index (χ2v) is 10.4. The zero-order chi connectivity index (χ0) is 6.28. The number of hydrogen-bond donors (Lipinski definition) is 0. The quantitative estimate of drug-likeness (QED) is 0.370. The van der Waals surface area contributed by atoms with E-state index >= 15 is 0 Å². The summed E-state index contributed by atoms with van der Waals surface area (Å²) in [5, 5.41) is 0. The van der Waals surface area contributed by atoms with Crippen LogP contribution in [0.25, 0.3) is 0 Å². The monoisotopic (exact) mass is 212 g/mol. The van der Waals surface area contributed by atoms with Crippen molar-refractivity contribution in [2.45, 2.75) is 0 Å². The molecule has 0 aromatic rings. The van der Waals surface area contributed by atoms with Crippen LogP contribution in [0.1, 0.15) is 0 Å². The number of hydrogen-bond acceptors (Lipinski definition) is 1. The molecule has 0 fully saturated rings. The third kappa shape index (κ3) is 102. The normalized spacial score (nSPS) is 8.57. The summed E-state index contributed by atoms with van der Waals surface area (Å²) in [7, 11) is 1.86. The molecule has 0 unspecified atom stereocenters. The van der Waals surface area contributed by atoms with Crippen LogP contribution >= 0.6 is 33.2 Å². The van der Waals surface area contributed by atoms with Crippen molar-refractivity contribution in [1.29, 1.82) is 0 Å². The average Bonchev–Trinajstić information content (AvgIpc) is 1.33. The van der Waals surface area contributed by atoms with Gasteiger partial charge in [-0.05, 0) is 0 Å². The molecule has 0 heterocycles. The van der Waals surface area contributed by atoms with E-state index in [0.717, 1.165) is 21.0 Å². The Morgan fingerprint density at radius 3 is 1.14 bits per heavy atom. The van der Waals surface area contributed by atoms with E-state index in [4.69, 9.17) is 33.2 Å². The smallest absolute Gasteiger partial charge is 0.326 e. The van der Waals surface area contributed by atoms with E-state index in [9.17, 15) is 0 Å². The molecule has 7 heavy (non-hydrogen) atoms. The summed E-state index contributed by atoms with van der Waals surface area (Å²) in [4.78, 5) is 0. The maximum Gasteiger partial charge on any atom is 0.326 e. The lowest BCUT2D eigenvalue weighted by Crippen LogP contribution is -1.66. The third-order valence-corrected chi connectivity index (χ3v) is 0. The number of rotatable bonds is 0. The summed E-state index contributed by atoms with van der Waals surface area (Å²) in [5.74, 6) is 0. The van der Waals surface area contributed by atoms with E-state index in [2.05, 4.69) is 4.12 Å². The maximum absolute atomic E-state index is 4.94. The lowest BCUT2D eigenvalue weighted by molar-refractivity contribution is 0.690. The van der Waals surface area contributed by atoms with Crippen molar-refractivity contribution in [3.05, 3.63) is 0 Å². The molecular weight excluding hydrogens is 207 g/mol. The highest BCUT2D eigenvalue weighted by Gasteiger charge is 1.85. The first-order chi connectivity index (χ1) is 3.15. The Balaban J connectivity index is 0. The molecule has 0 aliphatic rings. The van der Waals surface area contributed by atoms with Gasteiger partial charge in [-0.2, -0.15) is 0 Å². The molecule has 0 spiro atoms. The highest BCUT2D eigenvalue weighted by atomic mass is 35.8. The van der Waals surface area contributed by atoms with Gasteiger partial charge in [0, 0.05) is 0 Å². The molecule has 0 rings (SSSR count). The highest BCUT2D eigenvalue weighted by molar-refractivity contribution is 7.54. The Hall–Kier alpha value is 1.48. The Morgan fingerprint density at radius 1 is 1.14 bits per heavy atom. The lowest BCUT2D eigenvalue weighted by Gasteiger charge is -1.65. The van der Waals surface area contributed by atoms with Gasteiger partial charge in [-0.1, -0.05) is 0 Å². The van der Waals surface area contributed by atoms with Crippen LogP contribution in [-0.2, 0) is 4.12 Å². The predicted octanol–water partition coefficient (Wildman–Crippen LogP) is -1.02. The second kappa shape index (κ2) is 10.5. The largest absolute Gasteiger partial charge is 0.471 e. The van der Waals surface area contributed by atoms with Gasteiger partial charge >= 0.3 is 6.73 Å². The Bertz CT molecular complexity index is 21.4. The summed E-state index contributed by atoms with van der Waals surface area (Å²) in [6, 6.07) is 0. The van der Waals surface area contributed by atoms with Crippen LogP contribution in [0.5, 0.6) is 0 Å². The number of halogens is 3. The first-order valence-electron chi connectivity index (χ1n) is 1.47. The van der Waals surface area contributed by atoms with Gasteiger partial charge in [0.2, 0.25) is 0 Å². The molecule has 46 valence electrons. The van der Waals surface area contributed by atoms with Crippen molar-refractivity contribution in [1.82, 2.24) is 0 Å². The molecule has 0 atom stereocenters. The Morgan fingerprint density at radius 2 is 1.14 bits per heavy atom. The SMILES string of the molecule is Cl[SiH](Cl)Cl.[SiH3]O[SiH3]. The molecule has 0 aliphatic carbocycles. The topological polar surface area (TPSA) is 9.23 Å². The van der Waals surface area contributed by atoms with Crippen LogP contribution in [0, 0.1) is 0 Å². The fourth-order valence-electron chi connectivity index (χ4n) is 0. The van der Waals surface area contributed by atoms with E-state index in [1.165, 1.54) is 0 Å². The molecule has 7 heteroatoms. The van der Waals surface area contributed by atoms with Crippen LogP contribution in [0.15, 0.2) is 0 Å². The molecule has 0 aromatic carbocycles. The summed E-state index contributed by atoms with van der Waals surface area (Å²) in [5.41, 5.74) is 0. The molecular formula is H7Cl3OSi3. The minimum atomic E-state index is -1.72.